The molecule has 0 spiro atoms. The number of carbonyl (C=O) groups is 1. The van der Waals surface area contributed by atoms with E-state index in [-0.39, 0.29) is 11.4 Å². The number of rotatable bonds is 9. The van der Waals surface area contributed by atoms with Crippen LogP contribution in [0.1, 0.15) is 49.0 Å². The number of ether oxygens (including phenoxy) is 3. The number of amides is 1. The Morgan fingerprint density at radius 2 is 1.61 bits per heavy atom. The molecule has 1 saturated heterocycles. The largest absolute Gasteiger partial charge is 0.493 e. The lowest BCUT2D eigenvalue weighted by Crippen LogP contribution is -2.53. The van der Waals surface area contributed by atoms with Crippen molar-refractivity contribution in [1.29, 1.82) is 0 Å². The van der Waals surface area contributed by atoms with Gasteiger partial charge in [0.1, 0.15) is 6.61 Å². The highest BCUT2D eigenvalue weighted by atomic mass is 16.5. The first kappa shape index (κ1) is 22.9. The zero-order valence-electron chi connectivity index (χ0n) is 19.1. The molecule has 1 heterocycles. The first-order valence-corrected chi connectivity index (χ1v) is 10.9. The summed E-state index contributed by atoms with van der Waals surface area (Å²) in [5.41, 5.74) is 1.42. The molecule has 2 aromatic carbocycles. The van der Waals surface area contributed by atoms with Crippen molar-refractivity contribution < 1.29 is 19.0 Å². The van der Waals surface area contributed by atoms with Gasteiger partial charge in [0.25, 0.3) is 5.91 Å². The van der Waals surface area contributed by atoms with Crippen LogP contribution in [0.2, 0.25) is 0 Å². The third-order valence-electron chi connectivity index (χ3n) is 5.84. The van der Waals surface area contributed by atoms with Gasteiger partial charge in [-0.3, -0.25) is 9.69 Å². The van der Waals surface area contributed by atoms with Crippen molar-refractivity contribution in [2.45, 2.75) is 45.3 Å². The summed E-state index contributed by atoms with van der Waals surface area (Å²) in [5.74, 6) is 1.27. The van der Waals surface area contributed by atoms with E-state index in [2.05, 4.69) is 24.1 Å². The summed E-state index contributed by atoms with van der Waals surface area (Å²) < 4.78 is 17.0. The molecule has 0 radical (unpaired) electrons. The summed E-state index contributed by atoms with van der Waals surface area (Å²) in [4.78, 5) is 15.4. The van der Waals surface area contributed by atoms with Gasteiger partial charge in [0.15, 0.2) is 11.5 Å². The molecule has 0 unspecified atom stereocenters. The summed E-state index contributed by atoms with van der Waals surface area (Å²) in [5, 5.41) is 3.08. The Balaban J connectivity index is 1.71. The van der Waals surface area contributed by atoms with Crippen molar-refractivity contribution in [1.82, 2.24) is 10.2 Å². The third-order valence-corrected chi connectivity index (χ3v) is 5.84. The Morgan fingerprint density at radius 1 is 1.00 bits per heavy atom. The van der Waals surface area contributed by atoms with Gasteiger partial charge >= 0.3 is 0 Å². The number of piperidine rings is 1. The molecule has 6 nitrogen and oxygen atoms in total. The second kappa shape index (κ2) is 10.5. The average molecular weight is 427 g/mol. The monoisotopic (exact) mass is 426 g/mol. The number of nitrogens with one attached hydrogen (secondary N) is 1. The van der Waals surface area contributed by atoms with Crippen LogP contribution in [-0.2, 0) is 6.61 Å². The normalized spacial score (nSPS) is 14.7. The third kappa shape index (κ3) is 5.91. The minimum Gasteiger partial charge on any atom is -0.493 e. The van der Waals surface area contributed by atoms with E-state index in [4.69, 9.17) is 14.2 Å². The highest BCUT2D eigenvalue weighted by molar-refractivity contribution is 5.95. The van der Waals surface area contributed by atoms with Crippen molar-refractivity contribution >= 4 is 5.91 Å². The Kier molecular flexibility index (Phi) is 7.80. The molecular formula is C25H34N2O4. The van der Waals surface area contributed by atoms with Gasteiger partial charge in [-0.2, -0.15) is 0 Å². The zero-order chi connectivity index (χ0) is 22.3. The van der Waals surface area contributed by atoms with Crippen molar-refractivity contribution in [2.24, 2.45) is 0 Å². The summed E-state index contributed by atoms with van der Waals surface area (Å²) in [6.07, 6.45) is 3.73. The number of nitrogens with zero attached hydrogens (tertiary/aromatic N) is 1. The van der Waals surface area contributed by atoms with Crippen LogP contribution in [0, 0.1) is 0 Å². The molecule has 0 aliphatic carbocycles. The maximum atomic E-state index is 12.9. The predicted molar refractivity (Wildman–Crippen MR) is 122 cm³/mol. The molecule has 3 rings (SSSR count). The second-order valence-electron chi connectivity index (χ2n) is 8.53. The molecule has 0 saturated carbocycles. The number of hydrogen-bond donors (Lipinski definition) is 1. The van der Waals surface area contributed by atoms with Gasteiger partial charge in [-0.25, -0.2) is 0 Å². The molecule has 1 aliphatic rings. The van der Waals surface area contributed by atoms with Crippen molar-refractivity contribution in [2.75, 3.05) is 33.9 Å². The van der Waals surface area contributed by atoms with Crippen LogP contribution in [0.4, 0.5) is 0 Å². The second-order valence-corrected chi connectivity index (χ2v) is 8.53. The van der Waals surface area contributed by atoms with Crippen LogP contribution in [0.5, 0.6) is 17.2 Å². The molecule has 1 N–H and O–H groups in total. The predicted octanol–water partition coefficient (Wildman–Crippen LogP) is 4.28. The zero-order valence-corrected chi connectivity index (χ0v) is 19.1. The topological polar surface area (TPSA) is 60.0 Å². The molecule has 0 bridgehead atoms. The molecule has 31 heavy (non-hydrogen) atoms. The summed E-state index contributed by atoms with van der Waals surface area (Å²) in [7, 11) is 3.12. The molecule has 1 fully saturated rings. The Hall–Kier alpha value is -2.73. The first-order valence-electron chi connectivity index (χ1n) is 10.9. The number of carbonyl (C=O) groups excluding carboxylic acids is 1. The van der Waals surface area contributed by atoms with Gasteiger partial charge in [0, 0.05) is 17.6 Å². The molecule has 6 heteroatoms. The van der Waals surface area contributed by atoms with E-state index in [0.717, 1.165) is 18.7 Å². The lowest BCUT2D eigenvalue weighted by molar-refractivity contribution is 0.0797. The molecule has 168 valence electrons. The standard InChI is InChI=1S/C25H34N2O4/c1-25(2,27-13-9-6-10-14-27)18-26-24(28)20-15-21(29-3)23(22(16-20)30-4)31-17-19-11-7-5-8-12-19/h5,7-8,11-12,15-16H,6,9-10,13-14,17-18H2,1-4H3,(H,26,28). The molecule has 0 atom stereocenters. The fourth-order valence-electron chi connectivity index (χ4n) is 3.89. The van der Waals surface area contributed by atoms with E-state index in [9.17, 15) is 4.79 Å². The minimum atomic E-state index is -0.156. The SMILES string of the molecule is COc1cc(C(=O)NCC(C)(C)N2CCCCC2)cc(OC)c1OCc1ccccc1. The Labute approximate surface area is 185 Å². The van der Waals surface area contributed by atoms with Gasteiger partial charge in [-0.1, -0.05) is 36.8 Å². The van der Waals surface area contributed by atoms with Crippen LogP contribution in [-0.4, -0.2) is 50.2 Å². The maximum absolute atomic E-state index is 12.9. The van der Waals surface area contributed by atoms with Gasteiger partial charge in [-0.05, 0) is 57.5 Å². The Bertz CT molecular complexity index is 836. The lowest BCUT2D eigenvalue weighted by atomic mass is 9.98. The van der Waals surface area contributed by atoms with Crippen molar-refractivity contribution in [3.63, 3.8) is 0 Å². The first-order chi connectivity index (χ1) is 14.9. The highest BCUT2D eigenvalue weighted by Gasteiger charge is 2.28. The summed E-state index contributed by atoms with van der Waals surface area (Å²) in [6, 6.07) is 13.3. The van der Waals surface area contributed by atoms with E-state index < -0.39 is 0 Å². The quantitative estimate of drug-likeness (QED) is 0.649. The summed E-state index contributed by atoms with van der Waals surface area (Å²) >= 11 is 0. The van der Waals surface area contributed by atoms with Crippen LogP contribution in [0.25, 0.3) is 0 Å². The van der Waals surface area contributed by atoms with Gasteiger partial charge < -0.3 is 19.5 Å². The number of hydrogen-bond acceptors (Lipinski definition) is 5. The van der Waals surface area contributed by atoms with Gasteiger partial charge in [0.2, 0.25) is 5.75 Å². The number of benzene rings is 2. The van der Waals surface area contributed by atoms with Gasteiger partial charge in [-0.15, -0.1) is 0 Å². The maximum Gasteiger partial charge on any atom is 0.251 e. The average Bonchev–Trinajstić information content (AvgIpc) is 2.81. The van der Waals surface area contributed by atoms with E-state index in [1.807, 2.05) is 30.3 Å². The van der Waals surface area contributed by atoms with Crippen LogP contribution < -0.4 is 19.5 Å². The Morgan fingerprint density at radius 3 is 2.19 bits per heavy atom. The molecule has 1 aliphatic heterocycles. The molecule has 2 aromatic rings. The van der Waals surface area contributed by atoms with Gasteiger partial charge in [0.05, 0.1) is 14.2 Å². The van der Waals surface area contributed by atoms with E-state index in [0.29, 0.717) is 36.0 Å². The van der Waals surface area contributed by atoms with Crippen molar-refractivity contribution in [3.05, 3.63) is 53.6 Å². The number of likely N-dealkylation sites (tertiary alicyclic amines) is 1. The van der Waals surface area contributed by atoms with Crippen LogP contribution in [0.3, 0.4) is 0 Å². The van der Waals surface area contributed by atoms with Crippen LogP contribution in [0.15, 0.2) is 42.5 Å². The van der Waals surface area contributed by atoms with Crippen molar-refractivity contribution in [3.8, 4) is 17.2 Å². The smallest absolute Gasteiger partial charge is 0.251 e. The van der Waals surface area contributed by atoms with E-state index in [1.54, 1.807) is 26.4 Å². The minimum absolute atomic E-state index is 0.0943. The lowest BCUT2D eigenvalue weighted by Gasteiger charge is -2.41. The molecule has 1 amide bonds. The molecule has 0 aromatic heterocycles. The fraction of sp³-hybridized carbons (Fsp3) is 0.480. The van der Waals surface area contributed by atoms with E-state index >= 15 is 0 Å². The van der Waals surface area contributed by atoms with Crippen LogP contribution >= 0.6 is 0 Å². The summed E-state index contributed by atoms with van der Waals surface area (Å²) in [6.45, 7) is 7.47. The highest BCUT2D eigenvalue weighted by Crippen LogP contribution is 2.39. The van der Waals surface area contributed by atoms with E-state index in [1.165, 1.54) is 19.3 Å². The molecular weight excluding hydrogens is 392 g/mol. The number of methoxy groups -OCH3 is 2. The fourth-order valence-corrected chi connectivity index (χ4v) is 3.89.